The Morgan fingerprint density at radius 3 is 1.97 bits per heavy atom. The molecule has 0 aliphatic carbocycles. The lowest BCUT2D eigenvalue weighted by atomic mass is 10.0. The van der Waals surface area contributed by atoms with Crippen LogP contribution < -0.4 is 22.1 Å². The number of nitrogens with two attached hydrogens (primary N) is 2. The normalized spacial score (nSPS) is 14.1. The number of carbonyl (C=O) groups excluding carboxylic acids is 2. The van der Waals surface area contributed by atoms with E-state index in [9.17, 15) is 9.59 Å². The first kappa shape index (κ1) is 28.5. The molecule has 1 amide bonds. The molecule has 4 atom stereocenters. The SMILES string of the molecule is C=C(NC(Cc1ccccc1)C(=O)C#N)C(N)CSSCC(N)C(=O)NC(C)Cc1ccccc1. The number of hydrogen-bond donors (Lipinski definition) is 4. The molecule has 7 nitrogen and oxygen atoms in total. The van der Waals surface area contributed by atoms with Gasteiger partial charge in [-0.3, -0.25) is 9.59 Å². The standard InChI is InChI=1S/C26H33N5O2S2/c1-18(13-20-9-5-3-6-10-20)30-26(33)23(29)17-35-34-16-22(28)19(2)31-24(25(32)15-27)14-21-11-7-4-8-12-21/h3-12,18,22-24,31H,2,13-14,16-17,28-29H2,1H3,(H,30,33). The van der Waals surface area contributed by atoms with Gasteiger partial charge in [-0.2, -0.15) is 5.26 Å². The largest absolute Gasteiger partial charge is 0.377 e. The molecule has 186 valence electrons. The molecule has 0 aliphatic rings. The number of nitriles is 1. The minimum absolute atomic E-state index is 0.0172. The zero-order valence-corrected chi connectivity index (χ0v) is 21.5. The molecule has 9 heteroatoms. The monoisotopic (exact) mass is 511 g/mol. The molecule has 0 bridgehead atoms. The van der Waals surface area contributed by atoms with Crippen LogP contribution in [0.15, 0.2) is 72.9 Å². The highest BCUT2D eigenvalue weighted by molar-refractivity contribution is 8.76. The molecule has 6 N–H and O–H groups in total. The zero-order valence-electron chi connectivity index (χ0n) is 19.9. The summed E-state index contributed by atoms with van der Waals surface area (Å²) in [6, 6.07) is 19.3. The van der Waals surface area contributed by atoms with Crippen molar-refractivity contribution < 1.29 is 9.59 Å². The molecule has 2 aromatic carbocycles. The van der Waals surface area contributed by atoms with Crippen LogP contribution in [-0.4, -0.2) is 47.4 Å². The van der Waals surface area contributed by atoms with E-state index in [2.05, 4.69) is 17.2 Å². The van der Waals surface area contributed by atoms with Gasteiger partial charge in [0.1, 0.15) is 12.1 Å². The molecule has 2 aromatic rings. The van der Waals surface area contributed by atoms with Gasteiger partial charge in [-0.15, -0.1) is 0 Å². The first-order chi connectivity index (χ1) is 16.8. The summed E-state index contributed by atoms with van der Waals surface area (Å²) in [6.45, 7) is 5.91. The fourth-order valence-electron chi connectivity index (χ4n) is 3.26. The number of amides is 1. The Morgan fingerprint density at radius 1 is 0.914 bits per heavy atom. The molecular formula is C26H33N5O2S2. The summed E-state index contributed by atoms with van der Waals surface area (Å²) < 4.78 is 0. The van der Waals surface area contributed by atoms with Crippen molar-refractivity contribution in [2.24, 2.45) is 11.5 Å². The van der Waals surface area contributed by atoms with Crippen LogP contribution in [-0.2, 0) is 22.4 Å². The van der Waals surface area contributed by atoms with Gasteiger partial charge in [0, 0.05) is 29.7 Å². The Labute approximate surface area is 215 Å². The second kappa shape index (κ2) is 15.3. The van der Waals surface area contributed by atoms with Crippen LogP contribution in [0.4, 0.5) is 0 Å². The van der Waals surface area contributed by atoms with Gasteiger partial charge in [0.15, 0.2) is 0 Å². The predicted octanol–water partition coefficient (Wildman–Crippen LogP) is 2.58. The topological polar surface area (TPSA) is 134 Å². The van der Waals surface area contributed by atoms with E-state index in [1.807, 2.05) is 67.6 Å². The summed E-state index contributed by atoms with van der Waals surface area (Å²) in [6.07, 6.45) is 1.11. The van der Waals surface area contributed by atoms with E-state index >= 15 is 0 Å². The Morgan fingerprint density at radius 2 is 1.43 bits per heavy atom. The van der Waals surface area contributed by atoms with Gasteiger partial charge in [-0.1, -0.05) is 88.8 Å². The van der Waals surface area contributed by atoms with Gasteiger partial charge in [0.2, 0.25) is 5.91 Å². The number of rotatable bonds is 15. The lowest BCUT2D eigenvalue weighted by Crippen LogP contribution is -2.46. The molecule has 0 aromatic heterocycles. The minimum Gasteiger partial charge on any atom is -0.377 e. The zero-order chi connectivity index (χ0) is 25.6. The smallest absolute Gasteiger partial charge is 0.254 e. The number of ketones is 1. The Bertz CT molecular complexity index is 998. The summed E-state index contributed by atoms with van der Waals surface area (Å²) in [5.74, 6) is 0.192. The second-order valence-electron chi connectivity index (χ2n) is 8.27. The number of Topliss-reactive ketones (excluding diaryl/α,β-unsaturated/α-hetero) is 1. The van der Waals surface area contributed by atoms with Crippen molar-refractivity contribution in [3.8, 4) is 6.07 Å². The van der Waals surface area contributed by atoms with Gasteiger partial charge in [-0.25, -0.2) is 0 Å². The van der Waals surface area contributed by atoms with Crippen LogP contribution >= 0.6 is 21.6 Å². The fraction of sp³-hybridized carbons (Fsp3) is 0.346. The lowest BCUT2D eigenvalue weighted by Gasteiger charge is -2.22. The van der Waals surface area contributed by atoms with Crippen LogP contribution in [0.25, 0.3) is 0 Å². The summed E-state index contributed by atoms with van der Waals surface area (Å²) in [5.41, 5.74) is 14.8. The van der Waals surface area contributed by atoms with Crippen molar-refractivity contribution >= 4 is 33.3 Å². The molecule has 0 heterocycles. The Balaban J connectivity index is 1.71. The highest BCUT2D eigenvalue weighted by Crippen LogP contribution is 2.23. The molecule has 0 spiro atoms. The van der Waals surface area contributed by atoms with Gasteiger partial charge in [-0.05, 0) is 24.5 Å². The highest BCUT2D eigenvalue weighted by Gasteiger charge is 2.21. The van der Waals surface area contributed by atoms with Gasteiger partial charge >= 0.3 is 0 Å². The molecule has 0 saturated heterocycles. The first-order valence-corrected chi connectivity index (χ1v) is 13.8. The highest BCUT2D eigenvalue weighted by atomic mass is 33.1. The molecule has 0 saturated carbocycles. The van der Waals surface area contributed by atoms with E-state index in [4.69, 9.17) is 16.7 Å². The lowest BCUT2D eigenvalue weighted by molar-refractivity contribution is -0.122. The third kappa shape index (κ3) is 10.6. The molecular weight excluding hydrogens is 478 g/mol. The number of benzene rings is 2. The van der Waals surface area contributed by atoms with Crippen molar-refractivity contribution in [1.82, 2.24) is 10.6 Å². The third-order valence-electron chi connectivity index (χ3n) is 5.21. The maximum Gasteiger partial charge on any atom is 0.254 e. The second-order valence-corrected chi connectivity index (χ2v) is 10.8. The van der Waals surface area contributed by atoms with Crippen LogP contribution in [0.3, 0.4) is 0 Å². The molecule has 0 radical (unpaired) electrons. The summed E-state index contributed by atoms with van der Waals surface area (Å²) in [7, 11) is 2.94. The van der Waals surface area contributed by atoms with Crippen LogP contribution in [0, 0.1) is 11.3 Å². The molecule has 2 rings (SSSR count). The van der Waals surface area contributed by atoms with Gasteiger partial charge in [0.05, 0.1) is 12.1 Å². The van der Waals surface area contributed by atoms with E-state index in [0.29, 0.717) is 23.6 Å². The quantitative estimate of drug-likeness (QED) is 0.163. The Hall–Kier alpha value is -2.77. The number of nitrogens with one attached hydrogen (secondary N) is 2. The van der Waals surface area contributed by atoms with Crippen molar-refractivity contribution in [3.63, 3.8) is 0 Å². The minimum atomic E-state index is -0.714. The molecule has 0 aliphatic heterocycles. The average Bonchev–Trinajstić information content (AvgIpc) is 2.86. The van der Waals surface area contributed by atoms with Crippen molar-refractivity contribution in [2.45, 2.75) is 43.9 Å². The molecule has 35 heavy (non-hydrogen) atoms. The first-order valence-electron chi connectivity index (χ1n) is 11.3. The van der Waals surface area contributed by atoms with Crippen LogP contribution in [0.2, 0.25) is 0 Å². The van der Waals surface area contributed by atoms with Crippen LogP contribution in [0.5, 0.6) is 0 Å². The van der Waals surface area contributed by atoms with Gasteiger partial charge in [0.25, 0.3) is 5.78 Å². The van der Waals surface area contributed by atoms with E-state index < -0.39 is 23.9 Å². The van der Waals surface area contributed by atoms with E-state index in [-0.39, 0.29) is 11.9 Å². The van der Waals surface area contributed by atoms with E-state index in [0.717, 1.165) is 17.5 Å². The van der Waals surface area contributed by atoms with Crippen LogP contribution in [0.1, 0.15) is 18.1 Å². The average molecular weight is 512 g/mol. The number of hydrogen-bond acceptors (Lipinski definition) is 8. The van der Waals surface area contributed by atoms with E-state index in [1.165, 1.54) is 21.6 Å². The third-order valence-corrected chi connectivity index (χ3v) is 7.68. The number of carbonyl (C=O) groups is 2. The van der Waals surface area contributed by atoms with Crippen molar-refractivity contribution in [3.05, 3.63) is 84.1 Å². The van der Waals surface area contributed by atoms with Gasteiger partial charge < -0.3 is 22.1 Å². The summed E-state index contributed by atoms with van der Waals surface area (Å²) in [4.78, 5) is 24.5. The van der Waals surface area contributed by atoms with Crippen molar-refractivity contribution in [2.75, 3.05) is 11.5 Å². The van der Waals surface area contributed by atoms with E-state index in [1.54, 1.807) is 6.07 Å². The molecule has 0 fully saturated rings. The Kier molecular flexibility index (Phi) is 12.4. The molecule has 4 unspecified atom stereocenters. The maximum absolute atomic E-state index is 12.4. The maximum atomic E-state index is 12.4. The predicted molar refractivity (Wildman–Crippen MR) is 145 cm³/mol. The van der Waals surface area contributed by atoms with Crippen molar-refractivity contribution in [1.29, 1.82) is 5.26 Å². The summed E-state index contributed by atoms with van der Waals surface area (Å²) in [5, 5.41) is 15.1. The summed E-state index contributed by atoms with van der Waals surface area (Å²) >= 11 is 0. The fourth-order valence-corrected chi connectivity index (χ4v) is 5.55. The number of nitrogens with zero attached hydrogens (tertiary/aromatic N) is 1.